The third-order valence-electron chi connectivity index (χ3n) is 2.97. The molecule has 0 bridgehead atoms. The summed E-state index contributed by atoms with van der Waals surface area (Å²) in [4.78, 5) is 3.21. The van der Waals surface area contributed by atoms with E-state index in [9.17, 15) is 0 Å². The molecule has 0 aliphatic heterocycles. The second-order valence-electron chi connectivity index (χ2n) is 4.13. The van der Waals surface area contributed by atoms with Crippen molar-refractivity contribution in [3.05, 3.63) is 50.8 Å². The zero-order valence-electron chi connectivity index (χ0n) is 10.2. The first-order valence-electron chi connectivity index (χ1n) is 5.74. The van der Waals surface area contributed by atoms with Crippen LogP contribution in [0.25, 0.3) is 16.7 Å². The Hall–Kier alpha value is -1.34. The number of aromatic nitrogens is 2. The first-order chi connectivity index (χ1) is 9.19. The van der Waals surface area contributed by atoms with Gasteiger partial charge in [-0.05, 0) is 71.2 Å². The maximum Gasteiger partial charge on any atom is 0.182 e. The molecule has 1 N–H and O–H groups in total. The Bertz CT molecular complexity index is 789. The van der Waals surface area contributed by atoms with E-state index < -0.39 is 0 Å². The van der Waals surface area contributed by atoms with E-state index in [0.29, 0.717) is 4.77 Å². The van der Waals surface area contributed by atoms with Crippen molar-refractivity contribution in [1.29, 1.82) is 0 Å². The highest BCUT2D eigenvalue weighted by atomic mass is 127. The molecule has 3 rings (SSSR count). The highest BCUT2D eigenvalue weighted by molar-refractivity contribution is 14.1. The van der Waals surface area contributed by atoms with Crippen molar-refractivity contribution in [2.45, 2.75) is 0 Å². The van der Waals surface area contributed by atoms with Crippen LogP contribution in [0.1, 0.15) is 0 Å². The number of imidazole rings is 1. The number of ether oxygens (including phenoxy) is 1. The summed E-state index contributed by atoms with van der Waals surface area (Å²) in [7, 11) is 1.66. The van der Waals surface area contributed by atoms with Gasteiger partial charge in [-0.2, -0.15) is 0 Å². The molecule has 0 fully saturated rings. The van der Waals surface area contributed by atoms with Crippen LogP contribution in [-0.2, 0) is 0 Å². The molecule has 5 heteroatoms. The molecule has 0 spiro atoms. The fourth-order valence-electron chi connectivity index (χ4n) is 2.06. The highest BCUT2D eigenvalue weighted by Crippen LogP contribution is 2.23. The molecule has 1 aromatic heterocycles. The summed E-state index contributed by atoms with van der Waals surface area (Å²) in [5.74, 6) is 0.818. The molecule has 0 saturated heterocycles. The minimum atomic E-state index is 0.685. The van der Waals surface area contributed by atoms with Crippen molar-refractivity contribution in [3.63, 3.8) is 0 Å². The molecule has 0 amide bonds. The maximum absolute atomic E-state index is 5.41. The maximum atomic E-state index is 5.41. The topological polar surface area (TPSA) is 29.9 Å². The van der Waals surface area contributed by atoms with Gasteiger partial charge in [0.2, 0.25) is 0 Å². The Kier molecular flexibility index (Phi) is 3.32. The summed E-state index contributed by atoms with van der Waals surface area (Å²) in [6.45, 7) is 0. The molecule has 0 unspecified atom stereocenters. The van der Waals surface area contributed by atoms with Gasteiger partial charge in [0.1, 0.15) is 5.75 Å². The number of hydrogen-bond acceptors (Lipinski definition) is 2. The third kappa shape index (κ3) is 2.28. The molecule has 3 nitrogen and oxygen atoms in total. The van der Waals surface area contributed by atoms with E-state index in [1.54, 1.807) is 7.11 Å². The van der Waals surface area contributed by atoms with Crippen LogP contribution in [0.3, 0.4) is 0 Å². The second kappa shape index (κ2) is 4.97. The summed E-state index contributed by atoms with van der Waals surface area (Å²) >= 11 is 7.70. The number of hydrogen-bond donors (Lipinski definition) is 1. The van der Waals surface area contributed by atoms with Gasteiger partial charge in [-0.1, -0.05) is 0 Å². The average Bonchev–Trinajstić information content (AvgIpc) is 2.74. The Morgan fingerprint density at radius 3 is 2.58 bits per heavy atom. The van der Waals surface area contributed by atoms with Crippen LogP contribution in [0.15, 0.2) is 42.5 Å². The average molecular weight is 382 g/mol. The van der Waals surface area contributed by atoms with Gasteiger partial charge >= 0.3 is 0 Å². The Morgan fingerprint density at radius 2 is 1.89 bits per heavy atom. The number of halogens is 1. The van der Waals surface area contributed by atoms with Crippen molar-refractivity contribution >= 4 is 45.8 Å². The molecule has 0 radical (unpaired) electrons. The summed E-state index contributed by atoms with van der Waals surface area (Å²) in [5, 5.41) is 0. The zero-order chi connectivity index (χ0) is 13.4. The Morgan fingerprint density at radius 1 is 1.16 bits per heavy atom. The van der Waals surface area contributed by atoms with E-state index in [2.05, 4.69) is 51.8 Å². The summed E-state index contributed by atoms with van der Waals surface area (Å²) in [5.41, 5.74) is 3.08. The fourth-order valence-corrected chi connectivity index (χ4v) is 2.74. The quantitative estimate of drug-likeness (QED) is 0.529. The number of benzene rings is 2. The van der Waals surface area contributed by atoms with Gasteiger partial charge in [-0.15, -0.1) is 0 Å². The predicted molar refractivity (Wildman–Crippen MR) is 87.7 cm³/mol. The van der Waals surface area contributed by atoms with Gasteiger partial charge in [0.15, 0.2) is 4.77 Å². The first kappa shape index (κ1) is 12.7. The normalized spacial score (nSPS) is 10.8. The van der Waals surface area contributed by atoms with Crippen molar-refractivity contribution in [2.24, 2.45) is 0 Å². The number of methoxy groups -OCH3 is 1. The van der Waals surface area contributed by atoms with Gasteiger partial charge < -0.3 is 9.72 Å². The second-order valence-corrected chi connectivity index (χ2v) is 5.76. The number of nitrogens with zero attached hydrogens (tertiary/aromatic N) is 1. The fraction of sp³-hybridized carbons (Fsp3) is 0.0714. The van der Waals surface area contributed by atoms with Gasteiger partial charge in [0, 0.05) is 15.3 Å². The van der Waals surface area contributed by atoms with E-state index in [4.69, 9.17) is 17.0 Å². The third-order valence-corrected chi connectivity index (χ3v) is 3.98. The molecule has 0 aliphatic rings. The Labute approximate surface area is 129 Å². The molecule has 2 aromatic carbocycles. The van der Waals surface area contributed by atoms with Crippen molar-refractivity contribution in [3.8, 4) is 11.4 Å². The molecular weight excluding hydrogens is 371 g/mol. The van der Waals surface area contributed by atoms with E-state index in [-0.39, 0.29) is 0 Å². The minimum Gasteiger partial charge on any atom is -0.497 e. The number of aromatic amines is 1. The molecule has 96 valence electrons. The van der Waals surface area contributed by atoms with Crippen molar-refractivity contribution < 1.29 is 4.74 Å². The highest BCUT2D eigenvalue weighted by Gasteiger charge is 2.07. The lowest BCUT2D eigenvalue weighted by Crippen LogP contribution is -1.93. The van der Waals surface area contributed by atoms with Crippen LogP contribution in [0.4, 0.5) is 0 Å². The standard InChI is InChI=1S/C14H11IN2OS/c1-18-11-6-7-13-12(8-11)16-14(19)17(13)10-4-2-9(15)3-5-10/h2-8H,1H3,(H,16,19). The molecule has 0 atom stereocenters. The van der Waals surface area contributed by atoms with E-state index in [1.807, 2.05) is 22.8 Å². The molecule has 1 heterocycles. The molecule has 0 saturated carbocycles. The lowest BCUT2D eigenvalue weighted by atomic mass is 10.2. The zero-order valence-corrected chi connectivity index (χ0v) is 13.2. The lowest BCUT2D eigenvalue weighted by Gasteiger charge is -2.05. The Balaban J connectivity index is 2.26. The number of H-pyrrole nitrogens is 1. The first-order valence-corrected chi connectivity index (χ1v) is 7.22. The van der Waals surface area contributed by atoms with Crippen LogP contribution < -0.4 is 4.74 Å². The van der Waals surface area contributed by atoms with Crippen LogP contribution >= 0.6 is 34.8 Å². The van der Waals surface area contributed by atoms with E-state index >= 15 is 0 Å². The minimum absolute atomic E-state index is 0.685. The van der Waals surface area contributed by atoms with Gasteiger partial charge in [0.05, 0.1) is 18.1 Å². The van der Waals surface area contributed by atoms with Gasteiger partial charge in [-0.3, -0.25) is 4.57 Å². The van der Waals surface area contributed by atoms with E-state index in [0.717, 1.165) is 22.5 Å². The SMILES string of the molecule is COc1ccc2c(c1)[nH]c(=S)n2-c1ccc(I)cc1. The summed E-state index contributed by atoms with van der Waals surface area (Å²) < 4.78 is 9.14. The van der Waals surface area contributed by atoms with Crippen molar-refractivity contribution in [1.82, 2.24) is 9.55 Å². The molecule has 0 aliphatic carbocycles. The van der Waals surface area contributed by atoms with Crippen LogP contribution in [0.2, 0.25) is 0 Å². The van der Waals surface area contributed by atoms with Crippen LogP contribution in [0.5, 0.6) is 5.75 Å². The monoisotopic (exact) mass is 382 g/mol. The molecule has 19 heavy (non-hydrogen) atoms. The van der Waals surface area contributed by atoms with Gasteiger partial charge in [0.25, 0.3) is 0 Å². The molecule has 3 aromatic rings. The van der Waals surface area contributed by atoms with Crippen molar-refractivity contribution in [2.75, 3.05) is 7.11 Å². The van der Waals surface area contributed by atoms with E-state index in [1.165, 1.54) is 3.57 Å². The number of fused-ring (bicyclic) bond motifs is 1. The van der Waals surface area contributed by atoms with Gasteiger partial charge in [-0.25, -0.2) is 0 Å². The number of nitrogens with one attached hydrogen (secondary N) is 1. The summed E-state index contributed by atoms with van der Waals surface area (Å²) in [6.07, 6.45) is 0. The predicted octanol–water partition coefficient (Wildman–Crippen LogP) is 4.30. The lowest BCUT2D eigenvalue weighted by molar-refractivity contribution is 0.415. The number of rotatable bonds is 2. The van der Waals surface area contributed by atoms with Crippen LogP contribution in [-0.4, -0.2) is 16.7 Å². The largest absolute Gasteiger partial charge is 0.497 e. The molecular formula is C14H11IN2OS. The summed E-state index contributed by atoms with van der Waals surface area (Å²) in [6, 6.07) is 14.2. The van der Waals surface area contributed by atoms with Crippen LogP contribution in [0, 0.1) is 8.34 Å². The smallest absolute Gasteiger partial charge is 0.182 e.